The maximum atomic E-state index is 12.2. The van der Waals surface area contributed by atoms with Crippen LogP contribution in [0.25, 0.3) is 11.3 Å². The zero-order valence-electron chi connectivity index (χ0n) is 10.7. The van der Waals surface area contributed by atoms with Gasteiger partial charge in [-0.3, -0.25) is 4.79 Å². The minimum atomic E-state index is -0.259. The average molecular weight is 273 g/mol. The van der Waals surface area contributed by atoms with Gasteiger partial charge in [0.25, 0.3) is 5.56 Å². The van der Waals surface area contributed by atoms with Crippen LogP contribution in [-0.2, 0) is 0 Å². The van der Waals surface area contributed by atoms with Crippen LogP contribution in [-0.4, -0.2) is 4.57 Å². The van der Waals surface area contributed by atoms with E-state index >= 15 is 0 Å². The molecule has 0 spiro atoms. The fourth-order valence-electron chi connectivity index (χ4n) is 2.01. The van der Waals surface area contributed by atoms with Crippen LogP contribution in [0.5, 0.6) is 0 Å². The predicted molar refractivity (Wildman–Crippen MR) is 76.2 cm³/mol. The zero-order valence-corrected chi connectivity index (χ0v) is 11.5. The van der Waals surface area contributed by atoms with Crippen LogP contribution in [0, 0.1) is 11.3 Å². The molecule has 0 unspecified atom stereocenters. The normalized spacial score (nSPS) is 10.5. The highest BCUT2D eigenvalue weighted by atomic mass is 35.5. The summed E-state index contributed by atoms with van der Waals surface area (Å²) in [6.07, 6.45) is 0. The molecular formula is C15H13ClN2O. The molecule has 3 nitrogen and oxygen atoms in total. The molecule has 0 atom stereocenters. The second-order valence-corrected chi connectivity index (χ2v) is 4.96. The summed E-state index contributed by atoms with van der Waals surface area (Å²) in [7, 11) is 0. The third kappa shape index (κ3) is 2.54. The van der Waals surface area contributed by atoms with E-state index in [1.165, 1.54) is 0 Å². The van der Waals surface area contributed by atoms with Crippen LogP contribution in [0.2, 0.25) is 5.02 Å². The molecule has 1 aromatic carbocycles. The fraction of sp³-hybridized carbons (Fsp3) is 0.200. The van der Waals surface area contributed by atoms with Gasteiger partial charge in [-0.05, 0) is 43.7 Å². The fourth-order valence-corrected chi connectivity index (χ4v) is 2.13. The van der Waals surface area contributed by atoms with Crippen molar-refractivity contribution in [2.24, 2.45) is 0 Å². The molecule has 0 bridgehead atoms. The van der Waals surface area contributed by atoms with Crippen LogP contribution in [0.3, 0.4) is 0 Å². The highest BCUT2D eigenvalue weighted by Gasteiger charge is 2.12. The van der Waals surface area contributed by atoms with E-state index in [1.54, 1.807) is 28.8 Å². The van der Waals surface area contributed by atoms with Crippen molar-refractivity contribution in [2.75, 3.05) is 0 Å². The number of pyridine rings is 1. The Bertz CT molecular complexity index is 694. The number of rotatable bonds is 2. The van der Waals surface area contributed by atoms with E-state index in [9.17, 15) is 4.79 Å². The Labute approximate surface area is 116 Å². The van der Waals surface area contributed by atoms with E-state index in [2.05, 4.69) is 0 Å². The molecule has 0 fully saturated rings. The van der Waals surface area contributed by atoms with Crippen molar-refractivity contribution in [3.05, 3.63) is 57.3 Å². The summed E-state index contributed by atoms with van der Waals surface area (Å²) in [5.74, 6) is 0. The minimum Gasteiger partial charge on any atom is -0.305 e. The van der Waals surface area contributed by atoms with E-state index < -0.39 is 0 Å². The summed E-state index contributed by atoms with van der Waals surface area (Å²) < 4.78 is 1.63. The molecule has 2 rings (SSSR count). The maximum Gasteiger partial charge on any atom is 0.269 e. The molecule has 0 aliphatic carbocycles. The molecule has 4 heteroatoms. The van der Waals surface area contributed by atoms with Gasteiger partial charge in [-0.1, -0.05) is 23.7 Å². The van der Waals surface area contributed by atoms with E-state index in [1.807, 2.05) is 32.0 Å². The Morgan fingerprint density at radius 2 is 1.79 bits per heavy atom. The highest BCUT2D eigenvalue weighted by Crippen LogP contribution is 2.23. The van der Waals surface area contributed by atoms with Crippen LogP contribution in [0.1, 0.15) is 25.5 Å². The summed E-state index contributed by atoms with van der Waals surface area (Å²) in [5, 5.41) is 9.59. The number of benzene rings is 1. The van der Waals surface area contributed by atoms with Gasteiger partial charge in [0, 0.05) is 11.1 Å². The van der Waals surface area contributed by atoms with Crippen LogP contribution >= 0.6 is 11.6 Å². The van der Waals surface area contributed by atoms with Gasteiger partial charge in [-0.2, -0.15) is 5.26 Å². The van der Waals surface area contributed by atoms with Gasteiger partial charge in [0.2, 0.25) is 0 Å². The van der Waals surface area contributed by atoms with E-state index in [4.69, 9.17) is 16.9 Å². The first kappa shape index (κ1) is 13.4. The molecule has 0 radical (unpaired) electrons. The molecule has 19 heavy (non-hydrogen) atoms. The van der Waals surface area contributed by atoms with Crippen molar-refractivity contribution in [1.29, 1.82) is 5.26 Å². The first-order chi connectivity index (χ1) is 9.04. The molecule has 0 saturated carbocycles. The lowest BCUT2D eigenvalue weighted by molar-refractivity contribution is 0.584. The van der Waals surface area contributed by atoms with Gasteiger partial charge in [-0.25, -0.2) is 0 Å². The lowest BCUT2D eigenvalue weighted by Crippen LogP contribution is -2.25. The molecular weight excluding hydrogens is 260 g/mol. The van der Waals surface area contributed by atoms with Crippen molar-refractivity contribution < 1.29 is 0 Å². The number of nitriles is 1. The Balaban J connectivity index is 2.71. The monoisotopic (exact) mass is 272 g/mol. The SMILES string of the molecule is CC(C)n1c(-c2ccc(Cl)cc2)ccc(C#N)c1=O. The first-order valence-corrected chi connectivity index (χ1v) is 6.34. The van der Waals surface area contributed by atoms with Crippen molar-refractivity contribution in [3.63, 3.8) is 0 Å². The van der Waals surface area contributed by atoms with Crippen LogP contribution in [0.4, 0.5) is 0 Å². The number of hydrogen-bond acceptors (Lipinski definition) is 2. The Morgan fingerprint density at radius 3 is 2.32 bits per heavy atom. The van der Waals surface area contributed by atoms with Crippen LogP contribution in [0.15, 0.2) is 41.2 Å². The number of hydrogen-bond donors (Lipinski definition) is 0. The van der Waals surface area contributed by atoms with E-state index in [-0.39, 0.29) is 17.2 Å². The number of aromatic nitrogens is 1. The maximum absolute atomic E-state index is 12.2. The molecule has 96 valence electrons. The summed E-state index contributed by atoms with van der Waals surface area (Å²) in [6.45, 7) is 3.84. The van der Waals surface area contributed by atoms with Crippen LogP contribution < -0.4 is 5.56 Å². The van der Waals surface area contributed by atoms with Crippen molar-refractivity contribution in [2.45, 2.75) is 19.9 Å². The van der Waals surface area contributed by atoms with Gasteiger partial charge in [-0.15, -0.1) is 0 Å². The lowest BCUT2D eigenvalue weighted by atomic mass is 10.1. The topological polar surface area (TPSA) is 45.8 Å². The molecule has 1 aromatic heterocycles. The molecule has 0 amide bonds. The quantitative estimate of drug-likeness (QED) is 0.838. The molecule has 0 aliphatic heterocycles. The van der Waals surface area contributed by atoms with Gasteiger partial charge in [0.1, 0.15) is 11.6 Å². The number of nitrogens with zero attached hydrogens (tertiary/aromatic N) is 2. The summed E-state index contributed by atoms with van der Waals surface area (Å²) >= 11 is 5.87. The Kier molecular flexibility index (Phi) is 3.73. The lowest BCUT2D eigenvalue weighted by Gasteiger charge is -2.16. The molecule has 0 aliphatic rings. The second-order valence-electron chi connectivity index (χ2n) is 4.52. The Hall–Kier alpha value is -2.05. The van der Waals surface area contributed by atoms with Gasteiger partial charge < -0.3 is 4.57 Å². The molecule has 1 heterocycles. The van der Waals surface area contributed by atoms with Crippen molar-refractivity contribution in [3.8, 4) is 17.3 Å². The molecule has 2 aromatic rings. The van der Waals surface area contributed by atoms with Gasteiger partial charge >= 0.3 is 0 Å². The van der Waals surface area contributed by atoms with Crippen molar-refractivity contribution >= 4 is 11.6 Å². The first-order valence-electron chi connectivity index (χ1n) is 5.96. The largest absolute Gasteiger partial charge is 0.305 e. The predicted octanol–water partition coefficient (Wildman–Crippen LogP) is 3.62. The standard InChI is InChI=1S/C15H13ClN2O/c1-10(2)18-14(8-5-12(9-17)15(18)19)11-3-6-13(16)7-4-11/h3-8,10H,1-2H3. The van der Waals surface area contributed by atoms with E-state index in [0.29, 0.717) is 5.02 Å². The third-order valence-electron chi connectivity index (χ3n) is 2.89. The minimum absolute atomic E-state index is 0.0218. The molecule has 0 saturated heterocycles. The van der Waals surface area contributed by atoms with Gasteiger partial charge in [0.05, 0.1) is 5.69 Å². The summed E-state index contributed by atoms with van der Waals surface area (Å²) in [6, 6.07) is 12.5. The van der Waals surface area contributed by atoms with Crippen molar-refractivity contribution in [1.82, 2.24) is 4.57 Å². The van der Waals surface area contributed by atoms with Gasteiger partial charge in [0.15, 0.2) is 0 Å². The smallest absolute Gasteiger partial charge is 0.269 e. The Morgan fingerprint density at radius 1 is 1.16 bits per heavy atom. The highest BCUT2D eigenvalue weighted by molar-refractivity contribution is 6.30. The third-order valence-corrected chi connectivity index (χ3v) is 3.15. The average Bonchev–Trinajstić information content (AvgIpc) is 2.38. The molecule has 0 N–H and O–H groups in total. The summed E-state index contributed by atoms with van der Waals surface area (Å²) in [4.78, 5) is 12.2. The summed E-state index contributed by atoms with van der Waals surface area (Å²) in [5.41, 5.74) is 1.59. The number of halogens is 1. The second kappa shape index (κ2) is 5.29. The zero-order chi connectivity index (χ0) is 14.0. The van der Waals surface area contributed by atoms with E-state index in [0.717, 1.165) is 11.3 Å².